The van der Waals surface area contributed by atoms with Crippen LogP contribution in [0.5, 0.6) is 5.88 Å². The van der Waals surface area contributed by atoms with Crippen LogP contribution in [0.2, 0.25) is 5.02 Å². The molecular weight excluding hydrogens is 380 g/mol. The molecule has 2 fully saturated rings. The predicted octanol–water partition coefficient (Wildman–Crippen LogP) is 3.28. The topological polar surface area (TPSA) is 80.5 Å². The second-order valence-corrected chi connectivity index (χ2v) is 8.07. The minimum atomic E-state index is -0.0902. The van der Waals surface area contributed by atoms with Gasteiger partial charge >= 0.3 is 0 Å². The molecular formula is C20H19ClN4O3. The number of carbonyl (C=O) groups is 1. The molecule has 0 radical (unpaired) electrons. The molecule has 1 aromatic carbocycles. The Hall–Kier alpha value is -2.80. The van der Waals surface area contributed by atoms with Gasteiger partial charge in [0.2, 0.25) is 5.88 Å². The summed E-state index contributed by atoms with van der Waals surface area (Å²) in [5.74, 6) is 0.347. The maximum atomic E-state index is 12.4. The fraction of sp³-hybridized carbons (Fsp3) is 0.350. The molecule has 2 aliphatic rings. The number of hydrogen-bond donors (Lipinski definition) is 1. The second kappa shape index (κ2) is 6.38. The predicted molar refractivity (Wildman–Crippen MR) is 105 cm³/mol. The number of nitrogens with one attached hydrogen (secondary N) is 1. The summed E-state index contributed by atoms with van der Waals surface area (Å²) < 4.78 is 10.9. The van der Waals surface area contributed by atoms with E-state index >= 15 is 0 Å². The molecule has 3 heterocycles. The molecule has 8 heteroatoms. The largest absolute Gasteiger partial charge is 0.481 e. The summed E-state index contributed by atoms with van der Waals surface area (Å²) >= 11 is 6.01. The smallest absolute Gasteiger partial charge is 0.298 e. The van der Waals surface area contributed by atoms with Crippen molar-refractivity contribution >= 4 is 34.6 Å². The first-order valence-corrected chi connectivity index (χ1v) is 9.53. The molecule has 1 aliphatic heterocycles. The van der Waals surface area contributed by atoms with Gasteiger partial charge in [-0.25, -0.2) is 4.98 Å². The molecule has 1 N–H and O–H groups in total. The van der Waals surface area contributed by atoms with Crippen molar-refractivity contribution in [1.82, 2.24) is 15.3 Å². The fourth-order valence-electron chi connectivity index (χ4n) is 4.20. The van der Waals surface area contributed by atoms with Crippen molar-refractivity contribution in [3.8, 4) is 5.88 Å². The number of hydrogen-bond acceptors (Lipinski definition) is 6. The third kappa shape index (κ3) is 2.96. The highest BCUT2D eigenvalue weighted by molar-refractivity contribution is 6.31. The van der Waals surface area contributed by atoms with Gasteiger partial charge in [0.15, 0.2) is 5.58 Å². The number of ether oxygens (including phenoxy) is 1. The van der Waals surface area contributed by atoms with Crippen LogP contribution in [0.3, 0.4) is 0 Å². The number of halogens is 1. The van der Waals surface area contributed by atoms with Crippen molar-refractivity contribution < 1.29 is 13.9 Å². The van der Waals surface area contributed by atoms with Crippen LogP contribution in [0.1, 0.15) is 23.2 Å². The van der Waals surface area contributed by atoms with E-state index in [1.165, 1.54) is 7.11 Å². The van der Waals surface area contributed by atoms with Gasteiger partial charge in [0.25, 0.3) is 11.9 Å². The zero-order valence-corrected chi connectivity index (χ0v) is 16.1. The van der Waals surface area contributed by atoms with Crippen LogP contribution in [-0.2, 0) is 0 Å². The molecule has 7 nitrogen and oxygen atoms in total. The zero-order valence-electron chi connectivity index (χ0n) is 15.3. The van der Waals surface area contributed by atoms with E-state index < -0.39 is 0 Å². The van der Waals surface area contributed by atoms with E-state index in [2.05, 4.69) is 20.2 Å². The van der Waals surface area contributed by atoms with Gasteiger partial charge in [0, 0.05) is 47.4 Å². The number of oxazole rings is 1. The van der Waals surface area contributed by atoms with Crippen LogP contribution in [0.15, 0.2) is 40.9 Å². The first-order valence-electron chi connectivity index (χ1n) is 9.16. The van der Waals surface area contributed by atoms with Crippen LogP contribution in [0.25, 0.3) is 11.1 Å². The summed E-state index contributed by atoms with van der Waals surface area (Å²) in [6, 6.07) is 9.62. The number of pyridine rings is 1. The summed E-state index contributed by atoms with van der Waals surface area (Å²) in [4.78, 5) is 23.1. The van der Waals surface area contributed by atoms with E-state index in [1.807, 2.05) is 12.1 Å². The minimum absolute atomic E-state index is 0.0902. The number of nitrogens with zero attached hydrogens (tertiary/aromatic N) is 3. The van der Waals surface area contributed by atoms with E-state index in [1.54, 1.807) is 24.4 Å². The van der Waals surface area contributed by atoms with E-state index in [4.69, 9.17) is 20.8 Å². The van der Waals surface area contributed by atoms with Gasteiger partial charge < -0.3 is 19.4 Å². The monoisotopic (exact) mass is 398 g/mol. The number of rotatable bonds is 4. The number of carbonyl (C=O) groups excluding carboxylic acids is 1. The van der Waals surface area contributed by atoms with Gasteiger partial charge in [0.05, 0.1) is 7.11 Å². The fourth-order valence-corrected chi connectivity index (χ4v) is 4.37. The molecule has 0 unspecified atom stereocenters. The van der Waals surface area contributed by atoms with Crippen molar-refractivity contribution in [1.29, 1.82) is 0 Å². The normalized spacial score (nSPS) is 18.0. The summed E-state index contributed by atoms with van der Waals surface area (Å²) in [5.41, 5.74) is 2.32. The Morgan fingerprint density at radius 1 is 1.32 bits per heavy atom. The summed E-state index contributed by atoms with van der Waals surface area (Å²) in [7, 11) is 1.54. The molecule has 2 aromatic heterocycles. The highest BCUT2D eigenvalue weighted by Crippen LogP contribution is 2.49. The Morgan fingerprint density at radius 3 is 2.93 bits per heavy atom. The Balaban J connectivity index is 1.17. The lowest BCUT2D eigenvalue weighted by molar-refractivity contribution is 0.0414. The number of aromatic nitrogens is 2. The van der Waals surface area contributed by atoms with Gasteiger partial charge in [-0.15, -0.1) is 0 Å². The molecule has 3 aromatic rings. The second-order valence-electron chi connectivity index (χ2n) is 7.63. The van der Waals surface area contributed by atoms with Gasteiger partial charge in [-0.1, -0.05) is 11.6 Å². The molecule has 0 atom stereocenters. The van der Waals surface area contributed by atoms with E-state index in [0.29, 0.717) is 22.5 Å². The quantitative estimate of drug-likeness (QED) is 0.726. The molecule has 1 saturated heterocycles. The Bertz CT molecular complexity index is 1050. The Kier molecular flexibility index (Phi) is 3.94. The molecule has 28 heavy (non-hydrogen) atoms. The zero-order chi connectivity index (χ0) is 19.3. The van der Waals surface area contributed by atoms with E-state index in [9.17, 15) is 4.79 Å². The molecule has 144 valence electrons. The van der Waals surface area contributed by atoms with Gasteiger partial charge in [-0.05, 0) is 37.1 Å². The van der Waals surface area contributed by atoms with Crippen LogP contribution in [0, 0.1) is 5.41 Å². The van der Waals surface area contributed by atoms with Crippen molar-refractivity contribution in [2.75, 3.05) is 25.1 Å². The minimum Gasteiger partial charge on any atom is -0.481 e. The van der Waals surface area contributed by atoms with Crippen molar-refractivity contribution in [2.24, 2.45) is 5.41 Å². The highest BCUT2D eigenvalue weighted by Gasteiger charge is 2.53. The number of benzene rings is 1. The maximum Gasteiger partial charge on any atom is 0.298 e. The van der Waals surface area contributed by atoms with Gasteiger partial charge in [0.1, 0.15) is 5.52 Å². The highest BCUT2D eigenvalue weighted by atomic mass is 35.5. The standard InChI is InChI=1S/C20H19ClN4O3/c1-27-17-6-12(4-5-22-17)18(26)23-14-8-20(9-14)10-25(11-20)19-24-15-7-13(21)2-3-16(15)28-19/h2-7,14H,8-11H2,1H3,(H,23,26). The number of fused-ring (bicyclic) bond motifs is 1. The molecule has 1 spiro atoms. The Morgan fingerprint density at radius 2 is 2.14 bits per heavy atom. The van der Waals surface area contributed by atoms with E-state index in [-0.39, 0.29) is 17.4 Å². The summed E-state index contributed by atoms with van der Waals surface area (Å²) in [6.45, 7) is 1.78. The Labute approximate surface area is 166 Å². The summed E-state index contributed by atoms with van der Waals surface area (Å²) in [6.07, 6.45) is 3.50. The number of methoxy groups -OCH3 is 1. The third-order valence-electron chi connectivity index (χ3n) is 5.56. The lowest BCUT2D eigenvalue weighted by Crippen LogP contribution is -2.66. The molecule has 1 amide bonds. The molecule has 1 saturated carbocycles. The van der Waals surface area contributed by atoms with Crippen LogP contribution in [0.4, 0.5) is 6.01 Å². The SMILES string of the molecule is COc1cc(C(=O)NC2CC3(C2)CN(c2nc4cc(Cl)ccc4o2)C3)ccn1. The first kappa shape index (κ1) is 17.3. The van der Waals surface area contributed by atoms with Crippen LogP contribution in [-0.4, -0.2) is 42.1 Å². The average molecular weight is 399 g/mol. The summed E-state index contributed by atoms with van der Waals surface area (Å²) in [5, 5.41) is 3.75. The third-order valence-corrected chi connectivity index (χ3v) is 5.80. The van der Waals surface area contributed by atoms with Crippen LogP contribution >= 0.6 is 11.6 Å². The molecule has 0 bridgehead atoms. The van der Waals surface area contributed by atoms with E-state index in [0.717, 1.165) is 37.0 Å². The molecule has 5 rings (SSSR count). The first-order chi connectivity index (χ1) is 13.5. The van der Waals surface area contributed by atoms with Gasteiger partial charge in [-0.2, -0.15) is 4.98 Å². The lowest BCUT2D eigenvalue weighted by Gasteiger charge is -2.58. The van der Waals surface area contributed by atoms with Crippen LogP contribution < -0.4 is 15.0 Å². The number of amides is 1. The number of anilines is 1. The van der Waals surface area contributed by atoms with Gasteiger partial charge in [-0.3, -0.25) is 4.79 Å². The average Bonchev–Trinajstić information content (AvgIpc) is 3.04. The van der Waals surface area contributed by atoms with Crippen molar-refractivity contribution in [2.45, 2.75) is 18.9 Å². The lowest BCUT2D eigenvalue weighted by atomic mass is 9.60. The molecule has 1 aliphatic carbocycles. The maximum absolute atomic E-state index is 12.4. The van der Waals surface area contributed by atoms with Crippen molar-refractivity contribution in [3.05, 3.63) is 47.1 Å². The van der Waals surface area contributed by atoms with Crippen molar-refractivity contribution in [3.63, 3.8) is 0 Å².